The van der Waals surface area contributed by atoms with Crippen LogP contribution < -0.4 is 15.4 Å². The number of rotatable bonds is 10. The van der Waals surface area contributed by atoms with Gasteiger partial charge in [-0.3, -0.25) is 4.79 Å². The fourth-order valence-electron chi connectivity index (χ4n) is 2.97. The summed E-state index contributed by atoms with van der Waals surface area (Å²) in [6.45, 7) is 3.32. The summed E-state index contributed by atoms with van der Waals surface area (Å²) < 4.78 is 26.2. The highest BCUT2D eigenvalue weighted by Crippen LogP contribution is 2.14. The summed E-state index contributed by atoms with van der Waals surface area (Å²) >= 11 is 1.55. The van der Waals surface area contributed by atoms with E-state index >= 15 is 0 Å². The Balaban J connectivity index is 1.94. The molecule has 3 N–H and O–H groups in total. The second kappa shape index (κ2) is 11.4. The zero-order chi connectivity index (χ0) is 21.3. The van der Waals surface area contributed by atoms with Gasteiger partial charge in [-0.2, -0.15) is 11.8 Å². The Morgan fingerprint density at radius 1 is 1.24 bits per heavy atom. The van der Waals surface area contributed by atoms with Crippen LogP contribution in [0, 0.1) is 0 Å². The number of thioether (sulfide) groups is 1. The number of hydrogen-bond donors (Lipinski definition) is 3. The van der Waals surface area contributed by atoms with E-state index in [0.717, 1.165) is 31.5 Å². The zero-order valence-electron chi connectivity index (χ0n) is 16.9. The van der Waals surface area contributed by atoms with Crippen LogP contribution in [-0.4, -0.2) is 62.1 Å². The predicted molar refractivity (Wildman–Crippen MR) is 117 cm³/mol. The summed E-state index contributed by atoms with van der Waals surface area (Å²) in [5.74, 6) is 0.236. The molecule has 0 aromatic heterocycles. The number of sulfonamides is 1. The van der Waals surface area contributed by atoms with Crippen LogP contribution in [0.4, 0.5) is 10.5 Å². The Morgan fingerprint density at radius 2 is 1.97 bits per heavy atom. The lowest BCUT2D eigenvalue weighted by molar-refractivity contribution is -0.122. The number of amides is 3. The number of urea groups is 1. The maximum atomic E-state index is 12.5. The van der Waals surface area contributed by atoms with Crippen molar-refractivity contribution in [1.29, 1.82) is 0 Å². The minimum Gasteiger partial charge on any atom is -0.351 e. The molecule has 8 nitrogen and oxygen atoms in total. The molecule has 1 aromatic rings. The third kappa shape index (κ3) is 7.87. The molecule has 3 amide bonds. The minimum atomic E-state index is -3.48. The van der Waals surface area contributed by atoms with Crippen LogP contribution in [0.3, 0.4) is 0 Å². The molecule has 1 aromatic carbocycles. The molecule has 0 spiro atoms. The Kier molecular flexibility index (Phi) is 9.25. The van der Waals surface area contributed by atoms with E-state index in [9.17, 15) is 18.0 Å². The molecular formula is C19H30N4O4S2. The molecule has 10 heteroatoms. The molecule has 1 aliphatic heterocycles. The normalized spacial score (nSPS) is 15.2. The molecule has 1 fully saturated rings. The average Bonchev–Trinajstić information content (AvgIpc) is 3.24. The summed E-state index contributed by atoms with van der Waals surface area (Å²) in [6, 6.07) is 6.35. The largest absolute Gasteiger partial charge is 0.351 e. The van der Waals surface area contributed by atoms with E-state index in [1.807, 2.05) is 18.4 Å². The van der Waals surface area contributed by atoms with Crippen molar-refractivity contribution < 1.29 is 18.0 Å². The number of nitrogens with one attached hydrogen (secondary N) is 3. The number of carbonyl (C=O) groups is 2. The van der Waals surface area contributed by atoms with Gasteiger partial charge < -0.3 is 15.5 Å². The van der Waals surface area contributed by atoms with Gasteiger partial charge in [0.25, 0.3) is 0 Å². The number of hydrogen-bond acceptors (Lipinski definition) is 5. The molecule has 0 saturated carbocycles. The highest BCUT2D eigenvalue weighted by atomic mass is 32.2. The lowest BCUT2D eigenvalue weighted by Gasteiger charge is -2.18. The summed E-state index contributed by atoms with van der Waals surface area (Å²) in [6.07, 6.45) is 4.38. The molecule has 0 aliphatic carbocycles. The van der Waals surface area contributed by atoms with Crippen molar-refractivity contribution in [3.05, 3.63) is 29.8 Å². The van der Waals surface area contributed by atoms with E-state index in [2.05, 4.69) is 15.4 Å². The van der Waals surface area contributed by atoms with Gasteiger partial charge in [0.05, 0.1) is 5.75 Å². The van der Waals surface area contributed by atoms with Gasteiger partial charge in [-0.1, -0.05) is 12.1 Å². The van der Waals surface area contributed by atoms with E-state index in [1.54, 1.807) is 28.8 Å². The second-order valence-electron chi connectivity index (χ2n) is 6.90. The minimum absolute atomic E-state index is 0.0746. The first-order valence-electron chi connectivity index (χ1n) is 9.76. The van der Waals surface area contributed by atoms with Crippen molar-refractivity contribution in [2.45, 2.75) is 38.8 Å². The van der Waals surface area contributed by atoms with E-state index in [4.69, 9.17) is 0 Å². The highest BCUT2D eigenvalue weighted by molar-refractivity contribution is 7.98. The van der Waals surface area contributed by atoms with Gasteiger partial charge in [0, 0.05) is 25.3 Å². The summed E-state index contributed by atoms with van der Waals surface area (Å²) in [5, 5.41) is 5.67. The zero-order valence-corrected chi connectivity index (χ0v) is 18.6. The van der Waals surface area contributed by atoms with Crippen molar-refractivity contribution >= 4 is 39.4 Å². The van der Waals surface area contributed by atoms with Gasteiger partial charge in [-0.05, 0) is 55.9 Å². The average molecular weight is 443 g/mol. The molecule has 29 heavy (non-hydrogen) atoms. The Labute approximate surface area is 177 Å². The van der Waals surface area contributed by atoms with E-state index in [-0.39, 0.29) is 24.2 Å². The Hall–Kier alpha value is -1.78. The standard InChI is InChI=1S/C19H30N4O4S2/c1-3-29(26,27)22-17(9-12-28-2)18(24)20-14-15-7-6-8-16(13-15)21-19(25)23-10-4-5-11-23/h6-8,13,17,22H,3-5,9-12,14H2,1-2H3,(H,20,24)(H,21,25). The smallest absolute Gasteiger partial charge is 0.321 e. The van der Waals surface area contributed by atoms with Crippen LogP contribution >= 0.6 is 11.8 Å². The maximum Gasteiger partial charge on any atom is 0.321 e. The number of likely N-dealkylation sites (tertiary alicyclic amines) is 1. The molecule has 162 valence electrons. The number of anilines is 1. The van der Waals surface area contributed by atoms with Gasteiger partial charge in [0.2, 0.25) is 15.9 Å². The van der Waals surface area contributed by atoms with Gasteiger partial charge in [-0.15, -0.1) is 0 Å². The molecule has 2 rings (SSSR count). The molecule has 0 radical (unpaired) electrons. The Morgan fingerprint density at radius 3 is 2.62 bits per heavy atom. The van der Waals surface area contributed by atoms with Crippen LogP contribution in [0.15, 0.2) is 24.3 Å². The maximum absolute atomic E-state index is 12.5. The van der Waals surface area contributed by atoms with E-state index in [1.165, 1.54) is 6.92 Å². The number of carbonyl (C=O) groups excluding carboxylic acids is 2. The predicted octanol–water partition coefficient (Wildman–Crippen LogP) is 1.99. The lowest BCUT2D eigenvalue weighted by Crippen LogP contribution is -2.47. The van der Waals surface area contributed by atoms with Crippen LogP contribution in [-0.2, 0) is 21.4 Å². The molecule has 1 aliphatic rings. The molecule has 1 unspecified atom stereocenters. The van der Waals surface area contributed by atoms with Gasteiger partial charge in [0.1, 0.15) is 6.04 Å². The van der Waals surface area contributed by atoms with Crippen molar-refractivity contribution in [2.75, 3.05) is 36.2 Å². The van der Waals surface area contributed by atoms with Crippen LogP contribution in [0.2, 0.25) is 0 Å². The first kappa shape index (κ1) is 23.5. The molecular weight excluding hydrogens is 412 g/mol. The van der Waals surface area contributed by atoms with Gasteiger partial charge in [-0.25, -0.2) is 17.9 Å². The Bertz CT molecular complexity index is 795. The van der Waals surface area contributed by atoms with Crippen molar-refractivity contribution in [3.8, 4) is 0 Å². The first-order valence-corrected chi connectivity index (χ1v) is 12.8. The topological polar surface area (TPSA) is 108 Å². The quantitative estimate of drug-likeness (QED) is 0.514. The van der Waals surface area contributed by atoms with Crippen molar-refractivity contribution in [1.82, 2.24) is 14.9 Å². The van der Waals surface area contributed by atoms with Crippen LogP contribution in [0.1, 0.15) is 31.7 Å². The fourth-order valence-corrected chi connectivity index (χ4v) is 4.27. The fraction of sp³-hybridized carbons (Fsp3) is 0.579. The van der Waals surface area contributed by atoms with Crippen molar-refractivity contribution in [2.24, 2.45) is 0 Å². The highest BCUT2D eigenvalue weighted by Gasteiger charge is 2.23. The van der Waals surface area contributed by atoms with E-state index < -0.39 is 16.1 Å². The van der Waals surface area contributed by atoms with Gasteiger partial charge >= 0.3 is 6.03 Å². The molecule has 1 atom stereocenters. The monoisotopic (exact) mass is 442 g/mol. The lowest BCUT2D eigenvalue weighted by atomic mass is 10.2. The SMILES string of the molecule is CCS(=O)(=O)NC(CCSC)C(=O)NCc1cccc(NC(=O)N2CCCC2)c1. The molecule has 0 bridgehead atoms. The van der Waals surface area contributed by atoms with Gasteiger partial charge in [0.15, 0.2) is 0 Å². The van der Waals surface area contributed by atoms with Crippen molar-refractivity contribution in [3.63, 3.8) is 0 Å². The summed E-state index contributed by atoms with van der Waals surface area (Å²) in [5.41, 5.74) is 1.49. The third-order valence-corrected chi connectivity index (χ3v) is 6.71. The molecule has 1 heterocycles. The summed E-state index contributed by atoms with van der Waals surface area (Å²) in [7, 11) is -3.48. The first-order chi connectivity index (χ1) is 13.8. The number of nitrogens with zero attached hydrogens (tertiary/aromatic N) is 1. The van der Waals surface area contributed by atoms with Crippen LogP contribution in [0.25, 0.3) is 0 Å². The number of benzene rings is 1. The second-order valence-corrected chi connectivity index (χ2v) is 9.93. The third-order valence-electron chi connectivity index (χ3n) is 4.67. The molecule has 1 saturated heterocycles. The van der Waals surface area contributed by atoms with E-state index in [0.29, 0.717) is 17.9 Å². The van der Waals surface area contributed by atoms with Crippen LogP contribution in [0.5, 0.6) is 0 Å². The summed E-state index contributed by atoms with van der Waals surface area (Å²) in [4.78, 5) is 26.5.